The Bertz CT molecular complexity index is 772. The summed E-state index contributed by atoms with van der Waals surface area (Å²) in [4.78, 5) is 5.35. The molecule has 0 fully saturated rings. The van der Waals surface area contributed by atoms with Crippen LogP contribution in [0.15, 0.2) is 31.5 Å². The van der Waals surface area contributed by atoms with Crippen LogP contribution in [0, 0.1) is 13.8 Å². The van der Waals surface area contributed by atoms with Crippen molar-refractivity contribution in [3.63, 3.8) is 0 Å². The summed E-state index contributed by atoms with van der Waals surface area (Å²) in [6, 6.07) is 3.42. The second kappa shape index (κ2) is 6.45. The third-order valence-corrected chi connectivity index (χ3v) is 7.65. The summed E-state index contributed by atoms with van der Waals surface area (Å²) in [5, 5.41) is 0. The van der Waals surface area contributed by atoms with Gasteiger partial charge in [-0.2, -0.15) is 4.31 Å². The molecule has 2 rings (SSSR count). The molecule has 0 unspecified atom stereocenters. The first kappa shape index (κ1) is 17.1. The second-order valence-corrected chi connectivity index (χ2v) is 9.32. The Balaban J connectivity index is 2.38. The van der Waals surface area contributed by atoms with Crippen LogP contribution in [0.4, 0.5) is 0 Å². The lowest BCUT2D eigenvalue weighted by atomic mass is 10.2. The van der Waals surface area contributed by atoms with Gasteiger partial charge in [-0.1, -0.05) is 15.9 Å². The number of hydrogen-bond donors (Lipinski definition) is 0. The molecule has 0 spiro atoms. The molecular weight excluding hydrogens is 440 g/mol. The van der Waals surface area contributed by atoms with Crippen LogP contribution in [0.3, 0.4) is 0 Å². The Morgan fingerprint density at radius 3 is 2.48 bits per heavy atom. The van der Waals surface area contributed by atoms with E-state index in [9.17, 15) is 8.42 Å². The highest BCUT2D eigenvalue weighted by Gasteiger charge is 2.25. The molecule has 0 saturated carbocycles. The van der Waals surface area contributed by atoms with E-state index in [1.807, 2.05) is 13.8 Å². The molecule has 0 aliphatic heterocycles. The van der Waals surface area contributed by atoms with Crippen LogP contribution in [0.5, 0.6) is 0 Å². The lowest BCUT2D eigenvalue weighted by Gasteiger charge is -2.18. The highest BCUT2D eigenvalue weighted by Crippen LogP contribution is 2.31. The van der Waals surface area contributed by atoms with Crippen LogP contribution < -0.4 is 0 Å². The number of hydrogen-bond acceptors (Lipinski definition) is 4. The van der Waals surface area contributed by atoms with Gasteiger partial charge in [-0.05, 0) is 47.5 Å². The molecule has 4 nitrogen and oxygen atoms in total. The summed E-state index contributed by atoms with van der Waals surface area (Å²) in [7, 11) is -1.99. The van der Waals surface area contributed by atoms with Crippen LogP contribution >= 0.6 is 43.2 Å². The van der Waals surface area contributed by atoms with Crippen molar-refractivity contribution in [2.75, 3.05) is 7.05 Å². The molecule has 1 aromatic carbocycles. The van der Waals surface area contributed by atoms with E-state index in [-0.39, 0.29) is 4.90 Å². The summed E-state index contributed by atoms with van der Waals surface area (Å²) < 4.78 is 28.1. The highest BCUT2D eigenvalue weighted by atomic mass is 79.9. The van der Waals surface area contributed by atoms with E-state index in [2.05, 4.69) is 36.8 Å². The second-order valence-electron chi connectivity index (χ2n) is 4.65. The molecule has 0 atom stereocenters. The van der Waals surface area contributed by atoms with Gasteiger partial charge in [0, 0.05) is 27.4 Å². The van der Waals surface area contributed by atoms with Gasteiger partial charge in [0.1, 0.15) is 0 Å². The maximum Gasteiger partial charge on any atom is 0.244 e. The molecule has 0 N–H and O–H groups in total. The summed E-state index contributed by atoms with van der Waals surface area (Å²) in [6.07, 6.45) is 0. The van der Waals surface area contributed by atoms with E-state index in [4.69, 9.17) is 0 Å². The largest absolute Gasteiger partial charge is 0.250 e. The van der Waals surface area contributed by atoms with E-state index in [1.165, 1.54) is 15.6 Å². The first-order valence-electron chi connectivity index (χ1n) is 6.04. The highest BCUT2D eigenvalue weighted by molar-refractivity contribution is 9.11. The van der Waals surface area contributed by atoms with Crippen LogP contribution in [0.1, 0.15) is 16.1 Å². The predicted molar refractivity (Wildman–Crippen MR) is 92.1 cm³/mol. The number of aryl methyl sites for hydroxylation is 2. The average molecular weight is 454 g/mol. The zero-order chi connectivity index (χ0) is 15.8. The lowest BCUT2D eigenvalue weighted by Crippen LogP contribution is -2.26. The summed E-state index contributed by atoms with van der Waals surface area (Å²) in [5.74, 6) is 0. The van der Waals surface area contributed by atoms with Gasteiger partial charge in [-0.3, -0.25) is 0 Å². The van der Waals surface area contributed by atoms with E-state index in [1.54, 1.807) is 24.7 Å². The third kappa shape index (κ3) is 3.56. The van der Waals surface area contributed by atoms with Gasteiger partial charge in [0.05, 0.1) is 16.1 Å². The summed E-state index contributed by atoms with van der Waals surface area (Å²) in [5.41, 5.74) is 3.57. The van der Waals surface area contributed by atoms with Gasteiger partial charge in [0.15, 0.2) is 0 Å². The van der Waals surface area contributed by atoms with Crippen LogP contribution in [0.2, 0.25) is 0 Å². The minimum absolute atomic E-state index is 0.254. The molecule has 8 heteroatoms. The zero-order valence-electron chi connectivity index (χ0n) is 11.7. The van der Waals surface area contributed by atoms with Crippen LogP contribution in [-0.2, 0) is 16.6 Å². The average Bonchev–Trinajstić information content (AvgIpc) is 2.79. The minimum atomic E-state index is -3.57. The molecule has 1 heterocycles. The van der Waals surface area contributed by atoms with Gasteiger partial charge in [-0.25, -0.2) is 13.4 Å². The number of thiazole rings is 1. The molecule has 0 amide bonds. The molecule has 2 aromatic rings. The number of aromatic nitrogens is 1. The molecule has 0 aliphatic carbocycles. The fourth-order valence-electron chi connectivity index (χ4n) is 1.76. The smallest absolute Gasteiger partial charge is 0.244 e. The fourth-order valence-corrected chi connectivity index (χ4v) is 5.44. The lowest BCUT2D eigenvalue weighted by molar-refractivity contribution is 0.468. The van der Waals surface area contributed by atoms with Crippen molar-refractivity contribution in [1.29, 1.82) is 0 Å². The van der Waals surface area contributed by atoms with E-state index >= 15 is 0 Å². The first-order valence-corrected chi connectivity index (χ1v) is 9.95. The van der Waals surface area contributed by atoms with Crippen molar-refractivity contribution in [3.05, 3.63) is 42.7 Å². The van der Waals surface area contributed by atoms with Crippen molar-refractivity contribution < 1.29 is 8.42 Å². The number of halogens is 2. The van der Waals surface area contributed by atoms with Gasteiger partial charge in [-0.15, -0.1) is 11.3 Å². The number of sulfonamides is 1. The summed E-state index contributed by atoms with van der Waals surface area (Å²) in [6.45, 7) is 4.11. The predicted octanol–water partition coefficient (Wildman–Crippen LogP) is 4.11. The monoisotopic (exact) mass is 452 g/mol. The first-order chi connectivity index (χ1) is 9.73. The Hall–Kier alpha value is -0.280. The number of nitrogens with zero attached hydrogens (tertiary/aromatic N) is 2. The molecule has 0 aliphatic rings. The van der Waals surface area contributed by atoms with Gasteiger partial charge >= 0.3 is 0 Å². The Morgan fingerprint density at radius 2 is 1.90 bits per heavy atom. The molecular formula is C13H14Br2N2O2S2. The molecule has 1 aromatic heterocycles. The maximum absolute atomic E-state index is 12.7. The van der Waals surface area contributed by atoms with Crippen LogP contribution in [-0.4, -0.2) is 24.8 Å². The minimum Gasteiger partial charge on any atom is -0.250 e. The molecule has 0 radical (unpaired) electrons. The van der Waals surface area contributed by atoms with E-state index in [0.717, 1.165) is 20.6 Å². The van der Waals surface area contributed by atoms with Gasteiger partial charge in [0.25, 0.3) is 0 Å². The summed E-state index contributed by atoms with van der Waals surface area (Å²) >= 11 is 8.18. The van der Waals surface area contributed by atoms with Crippen LogP contribution in [0.25, 0.3) is 0 Å². The third-order valence-electron chi connectivity index (χ3n) is 3.11. The zero-order valence-corrected chi connectivity index (χ0v) is 16.5. The quantitative estimate of drug-likeness (QED) is 0.699. The number of benzene rings is 1. The topological polar surface area (TPSA) is 50.3 Å². The van der Waals surface area contributed by atoms with Crippen molar-refractivity contribution in [2.45, 2.75) is 25.3 Å². The standard InChI is InChI=1S/C13H14Br2N2O2S2/c1-8-4-11(15)13(5-10(8)14)21(18,19)17(3)6-12-9(2)16-7-20-12/h4-5,7H,6H2,1-3H3. The molecule has 114 valence electrons. The van der Waals surface area contributed by atoms with Gasteiger partial charge in [0.2, 0.25) is 10.0 Å². The van der Waals surface area contributed by atoms with Crippen molar-refractivity contribution >= 4 is 53.2 Å². The van der Waals surface area contributed by atoms with Crippen molar-refractivity contribution in [3.8, 4) is 0 Å². The Labute approximate surface area is 145 Å². The SMILES string of the molecule is Cc1cc(Br)c(S(=O)(=O)N(C)Cc2scnc2C)cc1Br. The normalized spacial score (nSPS) is 12.1. The number of rotatable bonds is 4. The van der Waals surface area contributed by atoms with Crippen molar-refractivity contribution in [1.82, 2.24) is 9.29 Å². The van der Waals surface area contributed by atoms with E-state index in [0.29, 0.717) is 11.0 Å². The molecule has 0 bridgehead atoms. The Morgan fingerprint density at radius 1 is 1.24 bits per heavy atom. The Kier molecular flexibility index (Phi) is 5.25. The molecule has 21 heavy (non-hydrogen) atoms. The van der Waals surface area contributed by atoms with Gasteiger partial charge < -0.3 is 0 Å². The van der Waals surface area contributed by atoms with Crippen molar-refractivity contribution in [2.24, 2.45) is 0 Å². The molecule has 0 saturated heterocycles. The van der Waals surface area contributed by atoms with E-state index < -0.39 is 10.0 Å². The fraction of sp³-hybridized carbons (Fsp3) is 0.308. The maximum atomic E-state index is 12.7.